The van der Waals surface area contributed by atoms with Crippen molar-refractivity contribution in [2.24, 2.45) is 7.05 Å². The molecule has 0 aliphatic carbocycles. The lowest BCUT2D eigenvalue weighted by molar-refractivity contribution is -0.112. The minimum absolute atomic E-state index is 0.0732. The molecule has 146 valence electrons. The van der Waals surface area contributed by atoms with Gasteiger partial charge in [0.1, 0.15) is 5.70 Å². The number of para-hydroxylation sites is 1. The number of fused-ring (bicyclic) bond motifs is 2. The fraction of sp³-hybridized carbons (Fsp3) is 0.0909. The summed E-state index contributed by atoms with van der Waals surface area (Å²) in [7, 11) is 1.55. The van der Waals surface area contributed by atoms with Crippen molar-refractivity contribution in [2.45, 2.75) is 4.90 Å². The van der Waals surface area contributed by atoms with E-state index < -0.39 is 16.8 Å². The molecule has 0 amide bonds. The zero-order valence-electron chi connectivity index (χ0n) is 15.8. The second-order valence-corrected chi connectivity index (χ2v) is 8.15. The quantitative estimate of drug-likeness (QED) is 0.678. The molecule has 1 unspecified atom stereocenters. The number of hydrogen-bond acceptors (Lipinski definition) is 4. The summed E-state index contributed by atoms with van der Waals surface area (Å²) in [6.45, 7) is 0. The van der Waals surface area contributed by atoms with E-state index in [0.29, 0.717) is 16.0 Å². The third kappa shape index (κ3) is 3.09. The van der Waals surface area contributed by atoms with Gasteiger partial charge in [-0.15, -0.1) is 0 Å². The Morgan fingerprint density at radius 3 is 2.55 bits per heavy atom. The van der Waals surface area contributed by atoms with Gasteiger partial charge in [0.25, 0.3) is 5.56 Å². The fourth-order valence-electron chi connectivity index (χ4n) is 3.40. The number of benzene rings is 2. The van der Waals surface area contributed by atoms with Crippen molar-refractivity contribution < 1.29 is 14.1 Å². The van der Waals surface area contributed by atoms with Gasteiger partial charge in [0.15, 0.2) is 16.7 Å². The fourth-order valence-corrected chi connectivity index (χ4v) is 4.59. The van der Waals surface area contributed by atoms with Gasteiger partial charge in [0, 0.05) is 25.2 Å². The van der Waals surface area contributed by atoms with E-state index in [0.717, 1.165) is 10.9 Å². The number of ketones is 1. The van der Waals surface area contributed by atoms with Crippen molar-refractivity contribution in [3.05, 3.63) is 87.9 Å². The highest BCUT2D eigenvalue weighted by Gasteiger charge is 2.31. The lowest BCUT2D eigenvalue weighted by atomic mass is 10.1. The number of pyridine rings is 1. The minimum Gasteiger partial charge on any atom is -0.505 e. The highest BCUT2D eigenvalue weighted by molar-refractivity contribution is 7.83. The first-order valence-corrected chi connectivity index (χ1v) is 10.00. The van der Waals surface area contributed by atoms with E-state index in [1.165, 1.54) is 28.1 Å². The molecule has 7 heteroatoms. The van der Waals surface area contributed by atoms with Crippen LogP contribution in [-0.2, 0) is 22.8 Å². The van der Waals surface area contributed by atoms with Gasteiger partial charge in [-0.2, -0.15) is 0 Å². The summed E-state index contributed by atoms with van der Waals surface area (Å²) in [6, 6.07) is 15.9. The van der Waals surface area contributed by atoms with Crippen molar-refractivity contribution in [1.29, 1.82) is 0 Å². The molecule has 0 bridgehead atoms. The third-order valence-electron chi connectivity index (χ3n) is 4.93. The van der Waals surface area contributed by atoms with Crippen molar-refractivity contribution in [1.82, 2.24) is 8.87 Å². The van der Waals surface area contributed by atoms with Crippen LogP contribution in [0.25, 0.3) is 22.7 Å². The maximum Gasteiger partial charge on any atom is 0.258 e. The number of rotatable bonds is 3. The minimum atomic E-state index is -1.61. The molecule has 3 aromatic rings. The molecule has 0 spiro atoms. The number of aliphatic hydroxyl groups excluding tert-OH is 1. The molecule has 6 nitrogen and oxygen atoms in total. The molecule has 1 aliphatic rings. The van der Waals surface area contributed by atoms with E-state index in [9.17, 15) is 18.9 Å². The van der Waals surface area contributed by atoms with Crippen LogP contribution in [-0.4, -0.2) is 31.0 Å². The Balaban J connectivity index is 1.76. The summed E-state index contributed by atoms with van der Waals surface area (Å²) in [6.07, 6.45) is 2.65. The number of hydrogen-bond donors (Lipinski definition) is 1. The lowest BCUT2D eigenvalue weighted by Crippen LogP contribution is -2.30. The molecule has 29 heavy (non-hydrogen) atoms. The van der Waals surface area contributed by atoms with Crippen molar-refractivity contribution in [3.63, 3.8) is 0 Å². The van der Waals surface area contributed by atoms with Gasteiger partial charge in [-0.3, -0.25) is 13.9 Å². The van der Waals surface area contributed by atoms with Crippen molar-refractivity contribution >= 4 is 39.5 Å². The van der Waals surface area contributed by atoms with Gasteiger partial charge in [-0.1, -0.05) is 30.3 Å². The normalized spacial score (nSPS) is 16.5. The molecule has 1 N–H and O–H groups in total. The van der Waals surface area contributed by atoms with Crippen LogP contribution in [0.15, 0.2) is 76.1 Å². The van der Waals surface area contributed by atoms with Crippen LogP contribution in [0.3, 0.4) is 0 Å². The topological polar surface area (TPSA) is 79.6 Å². The van der Waals surface area contributed by atoms with Gasteiger partial charge in [0.2, 0.25) is 5.78 Å². The molecule has 1 aliphatic heterocycles. The molecule has 0 saturated carbocycles. The Morgan fingerprint density at radius 1 is 1.07 bits per heavy atom. The van der Waals surface area contributed by atoms with E-state index in [4.69, 9.17) is 0 Å². The number of aromatic nitrogens is 1. The van der Waals surface area contributed by atoms with Crippen LogP contribution in [0, 0.1) is 0 Å². The Labute approximate surface area is 169 Å². The molecule has 2 aromatic carbocycles. The summed E-state index contributed by atoms with van der Waals surface area (Å²) < 4.78 is 15.4. The zero-order chi connectivity index (χ0) is 20.7. The van der Waals surface area contributed by atoms with Gasteiger partial charge in [-0.05, 0) is 41.8 Å². The largest absolute Gasteiger partial charge is 0.505 e. The molecular weight excluding hydrogens is 388 g/mol. The average Bonchev–Trinajstić information content (AvgIpc) is 2.74. The lowest BCUT2D eigenvalue weighted by Gasteiger charge is -2.26. The highest BCUT2D eigenvalue weighted by atomic mass is 32.2. The first kappa shape index (κ1) is 18.9. The van der Waals surface area contributed by atoms with Crippen LogP contribution in [0.5, 0.6) is 0 Å². The van der Waals surface area contributed by atoms with E-state index in [-0.39, 0.29) is 17.0 Å². The van der Waals surface area contributed by atoms with E-state index in [2.05, 4.69) is 0 Å². The second-order valence-electron chi connectivity index (χ2n) is 6.66. The van der Waals surface area contributed by atoms with E-state index in [1.807, 2.05) is 24.3 Å². The summed E-state index contributed by atoms with van der Waals surface area (Å²) in [4.78, 5) is 25.9. The summed E-state index contributed by atoms with van der Waals surface area (Å²) in [5.74, 6) is -0.771. The molecule has 1 atom stereocenters. The predicted octanol–water partition coefficient (Wildman–Crippen LogP) is 3.02. The summed E-state index contributed by atoms with van der Waals surface area (Å²) in [5.41, 5.74) is 1.19. The SMILES string of the molecule is CN1C(C(=O)/C=C/c2cc3ccccc3n(C)c2=O)=C(O)c2ccccc2S1=O. The number of aliphatic hydroxyl groups is 1. The Hall–Kier alpha value is -3.45. The molecular formula is C22H18N2O4S. The number of aryl methyl sites for hydroxylation is 1. The number of allylic oxidation sites excluding steroid dienone is 1. The first-order valence-electron chi connectivity index (χ1n) is 8.89. The molecule has 1 aromatic heterocycles. The van der Waals surface area contributed by atoms with E-state index >= 15 is 0 Å². The van der Waals surface area contributed by atoms with Crippen LogP contribution >= 0.6 is 0 Å². The van der Waals surface area contributed by atoms with Gasteiger partial charge in [0.05, 0.1) is 10.4 Å². The number of carbonyl (C=O) groups excluding carboxylic acids is 1. The smallest absolute Gasteiger partial charge is 0.258 e. The van der Waals surface area contributed by atoms with E-state index in [1.54, 1.807) is 37.4 Å². The first-order chi connectivity index (χ1) is 13.9. The standard InChI is InChI=1S/C22H18N2O4S/c1-23-17-9-5-3-7-14(17)13-15(22(23)27)11-12-18(25)20-21(26)16-8-4-6-10-19(16)29(28)24(20)2/h3-13,26H,1-2H3/b12-11+. The van der Waals surface area contributed by atoms with Crippen LogP contribution < -0.4 is 5.56 Å². The maximum absolute atomic E-state index is 12.8. The van der Waals surface area contributed by atoms with Crippen molar-refractivity contribution in [2.75, 3.05) is 7.05 Å². The third-order valence-corrected chi connectivity index (χ3v) is 6.34. The molecule has 0 saturated heterocycles. The molecule has 4 rings (SSSR count). The van der Waals surface area contributed by atoms with Crippen LogP contribution in [0.4, 0.5) is 0 Å². The molecule has 2 heterocycles. The maximum atomic E-state index is 12.8. The Kier molecular flexibility index (Phi) is 4.68. The zero-order valence-corrected chi connectivity index (χ0v) is 16.6. The number of carbonyl (C=O) groups is 1. The summed E-state index contributed by atoms with van der Waals surface area (Å²) >= 11 is 0. The number of nitrogens with zero attached hydrogens (tertiary/aromatic N) is 2. The van der Waals surface area contributed by atoms with Gasteiger partial charge >= 0.3 is 0 Å². The highest BCUT2D eigenvalue weighted by Crippen LogP contribution is 2.32. The summed E-state index contributed by atoms with van der Waals surface area (Å²) in [5, 5.41) is 11.5. The Bertz CT molecular complexity index is 1300. The van der Waals surface area contributed by atoms with Crippen LogP contribution in [0.1, 0.15) is 11.1 Å². The van der Waals surface area contributed by atoms with Gasteiger partial charge < -0.3 is 9.67 Å². The van der Waals surface area contributed by atoms with Crippen molar-refractivity contribution in [3.8, 4) is 0 Å². The second kappa shape index (κ2) is 7.18. The van der Waals surface area contributed by atoms with Crippen LogP contribution in [0.2, 0.25) is 0 Å². The Morgan fingerprint density at radius 2 is 1.76 bits per heavy atom. The van der Waals surface area contributed by atoms with Gasteiger partial charge in [-0.25, -0.2) is 4.21 Å². The predicted molar refractivity (Wildman–Crippen MR) is 113 cm³/mol. The molecule has 0 radical (unpaired) electrons. The molecule has 0 fully saturated rings. The number of likely N-dealkylation sites (N-methyl/N-ethyl adjacent to an activating group) is 1. The monoisotopic (exact) mass is 406 g/mol. The average molecular weight is 406 g/mol.